The van der Waals surface area contributed by atoms with Crippen molar-refractivity contribution in [2.24, 2.45) is 17.3 Å². The summed E-state index contributed by atoms with van der Waals surface area (Å²) in [5.74, 6) is -15.0. The maximum absolute atomic E-state index is 13.0. The number of ether oxygens (including phenoxy) is 1. The van der Waals surface area contributed by atoms with Crippen LogP contribution in [0.2, 0.25) is 0 Å². The smallest absolute Gasteiger partial charge is 0.316 e. The van der Waals surface area contributed by atoms with Gasteiger partial charge in [-0.1, -0.05) is 100 Å². The van der Waals surface area contributed by atoms with Crippen molar-refractivity contribution >= 4 is 0 Å². The summed E-state index contributed by atoms with van der Waals surface area (Å²) in [6.07, 6.45) is 11.9. The SMILES string of the molecule is CC(C)(C)N1CC(F)(F)C1.CC(C)(C)N1CCC(F)(F)C1.CC(C)(C)N1CCCC(F)(F)C1.CC(C)(C)c1ccc(C(C)(F)F)cc1.CC(F)(F)C1CCN(C(C)(C)C)CC1.CC(F)(F)C1CN(C(C)(C)C)C1.CC1(C)CCN(C(C)(C)C)CC1.COc1ncc(C(C)(C)C)cn1.Cc1cnc(C(C)(C)C)nc1. The van der Waals surface area contributed by atoms with Gasteiger partial charge < -0.3 is 4.74 Å². The van der Waals surface area contributed by atoms with Crippen molar-refractivity contribution in [3.05, 3.63) is 77.1 Å². The molecule has 0 amide bonds. The summed E-state index contributed by atoms with van der Waals surface area (Å²) >= 11 is 0. The molecule has 11 nitrogen and oxygen atoms in total. The number of aryl methyl sites for hydroxylation is 1. The first-order valence-electron chi connectivity index (χ1n) is 39.0. The third-order valence-corrected chi connectivity index (χ3v) is 20.4. The van der Waals surface area contributed by atoms with Crippen molar-refractivity contribution in [3.8, 4) is 6.01 Å². The molecule has 8 heterocycles. The average molecular weight is 1560 g/mol. The van der Waals surface area contributed by atoms with Gasteiger partial charge in [0, 0.05) is 120 Å². The Morgan fingerprint density at radius 2 is 0.694 bits per heavy atom. The Hall–Kier alpha value is -3.90. The highest BCUT2D eigenvalue weighted by molar-refractivity contribution is 5.29. The summed E-state index contributed by atoms with van der Waals surface area (Å²) in [6, 6.07) is 6.96. The molecule has 0 atom stereocenters. The molecule has 23 heteroatoms. The summed E-state index contributed by atoms with van der Waals surface area (Å²) < 4.78 is 158. The van der Waals surface area contributed by atoms with Gasteiger partial charge in [0.15, 0.2) is 0 Å². The number of likely N-dealkylation sites (tertiary alicyclic amines) is 6. The number of hydrogen-bond donors (Lipinski definition) is 0. The minimum atomic E-state index is -2.74. The van der Waals surface area contributed by atoms with Crippen molar-refractivity contribution in [2.75, 3.05) is 85.6 Å². The van der Waals surface area contributed by atoms with Crippen molar-refractivity contribution in [1.82, 2.24) is 49.3 Å². The minimum absolute atomic E-state index is 0.0154. The molecule has 0 radical (unpaired) electrons. The van der Waals surface area contributed by atoms with E-state index in [9.17, 15) is 52.7 Å². The molecular formula is C85H150F12N10O. The minimum Gasteiger partial charge on any atom is -0.467 e. The molecule has 0 spiro atoms. The lowest BCUT2D eigenvalue weighted by atomic mass is 9.81. The second-order valence-corrected chi connectivity index (χ2v) is 40.8. The largest absolute Gasteiger partial charge is 0.467 e. The Bertz CT molecular complexity index is 2920. The van der Waals surface area contributed by atoms with Crippen LogP contribution in [0.3, 0.4) is 0 Å². The lowest BCUT2D eigenvalue weighted by Crippen LogP contribution is -2.62. The summed E-state index contributed by atoms with van der Waals surface area (Å²) in [7, 11) is 1.56. The van der Waals surface area contributed by atoms with Gasteiger partial charge in [0.1, 0.15) is 5.82 Å². The molecule has 108 heavy (non-hydrogen) atoms. The predicted octanol–water partition coefficient (Wildman–Crippen LogP) is 22.8. The molecule has 9 rings (SSSR count). The van der Waals surface area contributed by atoms with Crippen LogP contribution in [-0.2, 0) is 22.2 Å². The lowest BCUT2D eigenvalue weighted by Gasteiger charge is -2.49. The van der Waals surface area contributed by atoms with Gasteiger partial charge in [-0.2, -0.15) is 0 Å². The number of rotatable bonds is 4. The number of halogens is 12. The van der Waals surface area contributed by atoms with Gasteiger partial charge in [-0.25, -0.2) is 72.6 Å². The Morgan fingerprint density at radius 3 is 0.963 bits per heavy atom. The van der Waals surface area contributed by atoms with Crippen molar-refractivity contribution in [1.29, 1.82) is 0 Å². The van der Waals surface area contributed by atoms with E-state index in [2.05, 4.69) is 173 Å². The zero-order valence-corrected chi connectivity index (χ0v) is 73.6. The number of piperidine rings is 3. The van der Waals surface area contributed by atoms with E-state index in [0.29, 0.717) is 55.9 Å². The van der Waals surface area contributed by atoms with E-state index in [1.807, 2.05) is 91.4 Å². The Morgan fingerprint density at radius 1 is 0.361 bits per heavy atom. The van der Waals surface area contributed by atoms with Crippen LogP contribution in [-0.4, -0.2) is 198 Å². The van der Waals surface area contributed by atoms with Crippen LogP contribution >= 0.6 is 0 Å². The third kappa shape index (κ3) is 39.2. The van der Waals surface area contributed by atoms with E-state index in [4.69, 9.17) is 4.74 Å². The average Bonchev–Trinajstić information content (AvgIpc) is 0.927. The molecule has 0 bridgehead atoms. The molecule has 6 aliphatic heterocycles. The first kappa shape index (κ1) is 102. The third-order valence-electron chi connectivity index (χ3n) is 20.4. The van der Waals surface area contributed by atoms with E-state index in [0.717, 1.165) is 62.9 Å². The summed E-state index contributed by atoms with van der Waals surface area (Å²) in [4.78, 5) is 29.0. The van der Waals surface area contributed by atoms with Gasteiger partial charge in [0.2, 0.25) is 5.92 Å². The number of methoxy groups -OCH3 is 1. The van der Waals surface area contributed by atoms with E-state index >= 15 is 0 Å². The van der Waals surface area contributed by atoms with Crippen LogP contribution in [0.15, 0.2) is 49.1 Å². The molecule has 3 aromatic rings. The zero-order valence-electron chi connectivity index (χ0n) is 73.6. The summed E-state index contributed by atoms with van der Waals surface area (Å²) in [6.45, 7) is 72.1. The Labute approximate surface area is 648 Å². The van der Waals surface area contributed by atoms with E-state index in [-0.39, 0.29) is 88.5 Å². The maximum atomic E-state index is 13.0. The molecular weight excluding hydrogens is 1400 g/mol. The highest BCUT2D eigenvalue weighted by Crippen LogP contribution is 2.39. The number of hydrogen-bond acceptors (Lipinski definition) is 11. The van der Waals surface area contributed by atoms with E-state index in [1.54, 1.807) is 36.5 Å². The van der Waals surface area contributed by atoms with Crippen LogP contribution in [0.25, 0.3) is 0 Å². The number of aromatic nitrogens is 4. The van der Waals surface area contributed by atoms with Crippen molar-refractivity contribution < 1.29 is 57.4 Å². The first-order valence-corrected chi connectivity index (χ1v) is 39.0. The molecule has 2 aromatic heterocycles. The fourth-order valence-corrected chi connectivity index (χ4v) is 11.9. The van der Waals surface area contributed by atoms with E-state index in [1.165, 1.54) is 38.1 Å². The highest BCUT2D eigenvalue weighted by Gasteiger charge is 2.49. The maximum Gasteiger partial charge on any atom is 0.316 e. The van der Waals surface area contributed by atoms with E-state index < -0.39 is 47.4 Å². The van der Waals surface area contributed by atoms with Crippen LogP contribution in [0.5, 0.6) is 6.01 Å². The van der Waals surface area contributed by atoms with Gasteiger partial charge >= 0.3 is 6.01 Å². The quantitative estimate of drug-likeness (QED) is 0.234. The summed E-state index contributed by atoms with van der Waals surface area (Å²) in [5.41, 5.74) is 4.35. The molecule has 1 aromatic carbocycles. The molecule has 630 valence electrons. The van der Waals surface area contributed by atoms with Crippen molar-refractivity contribution in [2.45, 2.75) is 358 Å². The van der Waals surface area contributed by atoms with Crippen LogP contribution in [0, 0.1) is 24.2 Å². The highest BCUT2D eigenvalue weighted by atomic mass is 19.3. The van der Waals surface area contributed by atoms with Crippen LogP contribution in [0.1, 0.15) is 295 Å². The Kier molecular flexibility index (Phi) is 36.8. The fraction of sp³-hybridized carbons (Fsp3) is 0.835. The molecule has 6 fully saturated rings. The second-order valence-electron chi connectivity index (χ2n) is 40.8. The number of nitrogens with zero attached hydrogens (tertiary/aromatic N) is 10. The van der Waals surface area contributed by atoms with Crippen molar-refractivity contribution in [3.63, 3.8) is 0 Å². The van der Waals surface area contributed by atoms with Gasteiger partial charge in [0.25, 0.3) is 29.6 Å². The van der Waals surface area contributed by atoms with Crippen LogP contribution in [0.4, 0.5) is 52.7 Å². The standard InChI is InChI=1S/C12H16F2.C11H21F2N.C11H23N.2C9H17F2N.C9H14N2O.C9H14N2.C8H15F2N.C7H13F2N/c1-11(2,3)9-5-7-10(8-6-9)12(4,13)14;1-10(2,3)14-7-5-9(6-8-14)11(4,12)13;1-10(2,3)12-8-6-11(4,5)7-9-12;1-8(2,3)12-5-7(6-12)9(4,10)11;1-8(2,3)12-6-4-5-9(10,11)7-12;1-9(2,3)7-5-10-8(12-4)11-6-7;1-7-5-10-8(11-6-7)9(2,3)4;1-7(2,3)11-5-4-8(9,10)6-11;1-6(2,3)10-4-7(8,9)5-10/h5-8H,1-4H3;9H,5-8H2,1-4H3;6-9H2,1-5H3;7H,5-6H2,1-4H3;4-7H2,1-3H3;5-6H,1-4H3;5-6H,1-4H3;4-6H2,1-3H3;4-5H2,1-3H3. The molecule has 0 aliphatic carbocycles. The molecule has 6 saturated heterocycles. The van der Waals surface area contributed by atoms with Gasteiger partial charge in [-0.3, -0.25) is 29.4 Å². The lowest BCUT2D eigenvalue weighted by molar-refractivity contribution is -0.160. The normalized spacial score (nSPS) is 20.4. The van der Waals surface area contributed by atoms with Gasteiger partial charge in [0.05, 0.1) is 33.3 Å². The number of benzene rings is 1. The van der Waals surface area contributed by atoms with Gasteiger partial charge in [-0.05, 0) is 243 Å². The number of alkyl halides is 12. The van der Waals surface area contributed by atoms with Gasteiger partial charge in [-0.15, -0.1) is 0 Å². The molecule has 0 saturated carbocycles. The second kappa shape index (κ2) is 39.0. The van der Waals surface area contributed by atoms with Crippen LogP contribution < -0.4 is 4.74 Å². The Balaban J connectivity index is 0.000000608. The zero-order chi connectivity index (χ0) is 84.7. The predicted molar refractivity (Wildman–Crippen MR) is 425 cm³/mol. The first-order chi connectivity index (χ1) is 47.9. The molecule has 0 unspecified atom stereocenters. The molecule has 6 aliphatic rings. The summed E-state index contributed by atoms with van der Waals surface area (Å²) in [5, 5.41) is 0. The fourth-order valence-electron chi connectivity index (χ4n) is 11.9. The topological polar surface area (TPSA) is 80.2 Å². The monoisotopic (exact) mass is 1560 g/mol. The molecule has 0 N–H and O–H groups in total.